The fourth-order valence-corrected chi connectivity index (χ4v) is 2.19. The fraction of sp³-hybridized carbons (Fsp3) is 0.375. The third-order valence-corrected chi connectivity index (χ3v) is 3.38. The Labute approximate surface area is 130 Å². The summed E-state index contributed by atoms with van der Waals surface area (Å²) in [6, 6.07) is 8.88. The van der Waals surface area contributed by atoms with Crippen molar-refractivity contribution < 1.29 is 14.3 Å². The molecule has 0 aromatic carbocycles. The average Bonchev–Trinajstić information content (AvgIpc) is 3.00. The molecule has 0 aliphatic heterocycles. The van der Waals surface area contributed by atoms with Crippen LogP contribution in [0.2, 0.25) is 0 Å². The van der Waals surface area contributed by atoms with Crippen molar-refractivity contribution in [3.63, 3.8) is 0 Å². The van der Waals surface area contributed by atoms with Gasteiger partial charge in [-0.15, -0.1) is 0 Å². The Morgan fingerprint density at radius 1 is 1.23 bits per heavy atom. The van der Waals surface area contributed by atoms with Gasteiger partial charge in [-0.2, -0.15) is 0 Å². The van der Waals surface area contributed by atoms with Gasteiger partial charge in [0.15, 0.2) is 5.69 Å². The molecule has 0 bridgehead atoms. The molecule has 0 atom stereocenters. The van der Waals surface area contributed by atoms with Crippen LogP contribution in [0.4, 0.5) is 5.82 Å². The van der Waals surface area contributed by atoms with Crippen molar-refractivity contribution in [2.75, 3.05) is 32.1 Å². The van der Waals surface area contributed by atoms with Crippen molar-refractivity contribution in [2.24, 2.45) is 0 Å². The number of carboxylic acids is 1. The van der Waals surface area contributed by atoms with Gasteiger partial charge < -0.3 is 14.4 Å². The molecule has 0 unspecified atom stereocenters. The summed E-state index contributed by atoms with van der Waals surface area (Å²) in [4.78, 5) is 19.2. The van der Waals surface area contributed by atoms with E-state index in [9.17, 15) is 4.79 Å². The minimum Gasteiger partial charge on any atom is -0.477 e. The fourth-order valence-electron chi connectivity index (χ4n) is 2.19. The average molecular weight is 303 g/mol. The number of carbonyl (C=O) groups is 1. The second-order valence-electron chi connectivity index (χ2n) is 5.28. The number of anilines is 1. The van der Waals surface area contributed by atoms with Crippen LogP contribution in [0, 0.1) is 0 Å². The van der Waals surface area contributed by atoms with Crippen LogP contribution in [-0.4, -0.2) is 48.1 Å². The molecular formula is C16H21N3O3. The molecule has 0 fully saturated rings. The first-order valence-electron chi connectivity index (χ1n) is 7.18. The zero-order chi connectivity index (χ0) is 15.9. The Bertz CT molecular complexity index is 598. The molecular weight excluding hydrogens is 282 g/mol. The summed E-state index contributed by atoms with van der Waals surface area (Å²) in [5.74, 6) is 0.619. The molecule has 0 aliphatic rings. The minimum atomic E-state index is -1.01. The van der Waals surface area contributed by atoms with Gasteiger partial charge in [-0.1, -0.05) is 6.07 Å². The lowest BCUT2D eigenvalue weighted by Crippen LogP contribution is -2.26. The summed E-state index contributed by atoms with van der Waals surface area (Å²) in [6.45, 7) is 2.51. The van der Waals surface area contributed by atoms with E-state index in [1.165, 1.54) is 6.07 Å². The van der Waals surface area contributed by atoms with Crippen LogP contribution in [0.3, 0.4) is 0 Å². The number of aromatic nitrogens is 1. The van der Waals surface area contributed by atoms with Crippen molar-refractivity contribution >= 4 is 11.8 Å². The van der Waals surface area contributed by atoms with Crippen molar-refractivity contribution in [1.82, 2.24) is 9.88 Å². The van der Waals surface area contributed by atoms with Gasteiger partial charge in [-0.05, 0) is 44.3 Å². The van der Waals surface area contributed by atoms with E-state index in [0.29, 0.717) is 5.82 Å². The molecule has 0 spiro atoms. The Balaban J connectivity index is 1.78. The first-order chi connectivity index (χ1) is 10.6. The zero-order valence-corrected chi connectivity index (χ0v) is 12.9. The van der Waals surface area contributed by atoms with Gasteiger partial charge in [0.1, 0.15) is 11.6 Å². The number of nitrogens with zero attached hydrogens (tertiary/aromatic N) is 3. The summed E-state index contributed by atoms with van der Waals surface area (Å²) < 4.78 is 5.32. The number of hydrogen-bond donors (Lipinski definition) is 1. The molecule has 22 heavy (non-hydrogen) atoms. The van der Waals surface area contributed by atoms with Gasteiger partial charge in [0, 0.05) is 13.6 Å². The predicted octanol–water partition coefficient (Wildman–Crippen LogP) is 2.33. The maximum atomic E-state index is 10.9. The highest BCUT2D eigenvalue weighted by atomic mass is 16.4. The standard InChI is InChI=1S/C16H21N3O3/c1-18(12-13-6-4-11-22-13)9-5-10-19(2)15-8-3-7-14(17-15)16(20)21/h3-4,6-8,11H,5,9-10,12H2,1-2H3,(H,20,21). The first-order valence-corrected chi connectivity index (χ1v) is 7.18. The molecule has 2 heterocycles. The van der Waals surface area contributed by atoms with Gasteiger partial charge in [0.2, 0.25) is 0 Å². The molecule has 0 aliphatic carbocycles. The maximum Gasteiger partial charge on any atom is 0.354 e. The van der Waals surface area contributed by atoms with Crippen LogP contribution in [-0.2, 0) is 6.54 Å². The van der Waals surface area contributed by atoms with E-state index in [2.05, 4.69) is 9.88 Å². The summed E-state index contributed by atoms with van der Waals surface area (Å²) in [5, 5.41) is 8.97. The first kappa shape index (κ1) is 16.0. The lowest BCUT2D eigenvalue weighted by Gasteiger charge is -2.20. The monoisotopic (exact) mass is 303 g/mol. The topological polar surface area (TPSA) is 69.8 Å². The second-order valence-corrected chi connectivity index (χ2v) is 5.28. The molecule has 0 radical (unpaired) electrons. The lowest BCUT2D eigenvalue weighted by atomic mass is 10.3. The SMILES string of the molecule is CN(CCCN(C)c1cccc(C(=O)O)n1)Cc1ccco1. The minimum absolute atomic E-state index is 0.0688. The van der Waals surface area contributed by atoms with Gasteiger partial charge in [0.05, 0.1) is 12.8 Å². The van der Waals surface area contributed by atoms with Crippen molar-refractivity contribution in [2.45, 2.75) is 13.0 Å². The number of carboxylic acid groups (broad SMARTS) is 1. The molecule has 0 saturated carbocycles. The van der Waals surface area contributed by atoms with Crippen LogP contribution in [0.25, 0.3) is 0 Å². The van der Waals surface area contributed by atoms with E-state index < -0.39 is 5.97 Å². The van der Waals surface area contributed by atoms with Crippen LogP contribution in [0.1, 0.15) is 22.7 Å². The Morgan fingerprint density at radius 3 is 2.73 bits per heavy atom. The maximum absolute atomic E-state index is 10.9. The molecule has 0 saturated heterocycles. The van der Waals surface area contributed by atoms with Crippen LogP contribution in [0.15, 0.2) is 41.0 Å². The van der Waals surface area contributed by atoms with Gasteiger partial charge in [0.25, 0.3) is 0 Å². The van der Waals surface area contributed by atoms with E-state index >= 15 is 0 Å². The summed E-state index contributed by atoms with van der Waals surface area (Å²) >= 11 is 0. The van der Waals surface area contributed by atoms with E-state index in [4.69, 9.17) is 9.52 Å². The molecule has 2 aromatic rings. The molecule has 2 rings (SSSR count). The molecule has 0 amide bonds. The normalized spacial score (nSPS) is 10.9. The Morgan fingerprint density at radius 2 is 2.05 bits per heavy atom. The quantitative estimate of drug-likeness (QED) is 0.807. The largest absolute Gasteiger partial charge is 0.477 e. The Hall–Kier alpha value is -2.34. The smallest absolute Gasteiger partial charge is 0.354 e. The Kier molecular flexibility index (Phi) is 5.55. The van der Waals surface area contributed by atoms with E-state index in [-0.39, 0.29) is 5.69 Å². The summed E-state index contributed by atoms with van der Waals surface area (Å²) in [6.07, 6.45) is 2.63. The van der Waals surface area contributed by atoms with Crippen molar-refractivity contribution in [3.05, 3.63) is 48.0 Å². The van der Waals surface area contributed by atoms with Crippen LogP contribution in [0.5, 0.6) is 0 Å². The molecule has 2 aromatic heterocycles. The van der Waals surface area contributed by atoms with Crippen molar-refractivity contribution in [1.29, 1.82) is 0 Å². The molecule has 118 valence electrons. The molecule has 6 heteroatoms. The molecule has 1 N–H and O–H groups in total. The zero-order valence-electron chi connectivity index (χ0n) is 12.9. The van der Waals surface area contributed by atoms with E-state index in [1.807, 2.05) is 37.2 Å². The molecule has 6 nitrogen and oxygen atoms in total. The van der Waals surface area contributed by atoms with Gasteiger partial charge in [-0.25, -0.2) is 9.78 Å². The van der Waals surface area contributed by atoms with Crippen LogP contribution < -0.4 is 4.90 Å². The third kappa shape index (κ3) is 4.60. The highest BCUT2D eigenvalue weighted by molar-refractivity contribution is 5.85. The number of rotatable bonds is 8. The van der Waals surface area contributed by atoms with Crippen molar-refractivity contribution in [3.8, 4) is 0 Å². The number of aromatic carboxylic acids is 1. The highest BCUT2D eigenvalue weighted by Crippen LogP contribution is 2.11. The highest BCUT2D eigenvalue weighted by Gasteiger charge is 2.09. The van der Waals surface area contributed by atoms with Gasteiger partial charge >= 0.3 is 5.97 Å². The third-order valence-electron chi connectivity index (χ3n) is 3.38. The lowest BCUT2D eigenvalue weighted by molar-refractivity contribution is 0.0690. The summed E-state index contributed by atoms with van der Waals surface area (Å²) in [5.41, 5.74) is 0.0688. The van der Waals surface area contributed by atoms with E-state index in [0.717, 1.165) is 31.8 Å². The van der Waals surface area contributed by atoms with Gasteiger partial charge in [-0.3, -0.25) is 4.90 Å². The number of pyridine rings is 1. The van der Waals surface area contributed by atoms with E-state index in [1.54, 1.807) is 12.3 Å². The van der Waals surface area contributed by atoms with Crippen LogP contribution >= 0.6 is 0 Å². The summed E-state index contributed by atoms with van der Waals surface area (Å²) in [7, 11) is 3.96. The predicted molar refractivity (Wildman–Crippen MR) is 84.1 cm³/mol. The number of hydrogen-bond acceptors (Lipinski definition) is 5. The number of furan rings is 1. The second kappa shape index (κ2) is 7.61.